The Morgan fingerprint density at radius 2 is 1.92 bits per heavy atom. The molecule has 0 saturated carbocycles. The number of halogens is 1. The highest BCUT2D eigenvalue weighted by Crippen LogP contribution is 2.28. The molecule has 1 amide bonds. The maximum Gasteiger partial charge on any atom is 0.295 e. The van der Waals surface area contributed by atoms with Crippen molar-refractivity contribution in [3.8, 4) is 5.69 Å². The Morgan fingerprint density at radius 3 is 2.65 bits per heavy atom. The van der Waals surface area contributed by atoms with E-state index in [4.69, 9.17) is 5.84 Å². The van der Waals surface area contributed by atoms with Gasteiger partial charge < -0.3 is 14.8 Å². The number of rotatable bonds is 7. The summed E-state index contributed by atoms with van der Waals surface area (Å²) in [6, 6.07) is 9.59. The number of carbonyl (C=O) groups is 2. The van der Waals surface area contributed by atoms with Crippen molar-refractivity contribution in [3.05, 3.63) is 72.8 Å². The quantitative estimate of drug-likeness (QED) is 0.128. The third-order valence-electron chi connectivity index (χ3n) is 6.04. The molecule has 1 aliphatic rings. The largest absolute Gasteiger partial charge is 0.357 e. The number of aromatic amines is 1. The molecule has 0 spiro atoms. The molecule has 1 aromatic carbocycles. The standard InChI is InChI=1S/C24H23FN10O2/c1-27-7-8-34(26)22-20-19(18(25)14-29-22)17(13-28-20)21(36)23(37)32-9-11-33(12-10-32)24-30-15-31-35(24)16-5-3-2-4-6-16/h2-8,13-15,28H,1,9-12,26H2/b8-7-. The van der Waals surface area contributed by atoms with Gasteiger partial charge in [-0.15, -0.1) is 0 Å². The first kappa shape index (κ1) is 23.8. The van der Waals surface area contributed by atoms with Crippen LogP contribution in [0, 0.1) is 5.82 Å². The van der Waals surface area contributed by atoms with Crippen LogP contribution in [-0.2, 0) is 4.79 Å². The number of aliphatic imine (C=N–C) groups is 1. The lowest BCUT2D eigenvalue weighted by Crippen LogP contribution is -2.51. The van der Waals surface area contributed by atoms with Crippen molar-refractivity contribution in [1.82, 2.24) is 29.6 Å². The van der Waals surface area contributed by atoms with Crippen LogP contribution in [0.2, 0.25) is 0 Å². The van der Waals surface area contributed by atoms with Crippen molar-refractivity contribution >= 4 is 41.1 Å². The molecular weight excluding hydrogens is 479 g/mol. The first-order chi connectivity index (χ1) is 18.0. The zero-order valence-electron chi connectivity index (χ0n) is 19.7. The van der Waals surface area contributed by atoms with Gasteiger partial charge >= 0.3 is 0 Å². The number of nitrogens with one attached hydrogen (secondary N) is 1. The van der Waals surface area contributed by atoms with Crippen molar-refractivity contribution in [2.24, 2.45) is 10.8 Å². The number of anilines is 2. The zero-order valence-corrected chi connectivity index (χ0v) is 19.7. The number of hydrogen-bond donors (Lipinski definition) is 2. The van der Waals surface area contributed by atoms with Gasteiger partial charge in [0.2, 0.25) is 5.95 Å². The van der Waals surface area contributed by atoms with Gasteiger partial charge in [-0.05, 0) is 18.9 Å². The minimum Gasteiger partial charge on any atom is -0.357 e. The molecule has 5 rings (SSSR count). The lowest BCUT2D eigenvalue weighted by Gasteiger charge is -2.34. The molecule has 13 heteroatoms. The van der Waals surface area contributed by atoms with E-state index in [1.165, 1.54) is 29.8 Å². The van der Waals surface area contributed by atoms with Crippen molar-refractivity contribution < 1.29 is 14.0 Å². The summed E-state index contributed by atoms with van der Waals surface area (Å²) in [6.07, 6.45) is 6.42. The second kappa shape index (κ2) is 9.99. The van der Waals surface area contributed by atoms with Crippen LogP contribution in [0.5, 0.6) is 0 Å². The highest BCUT2D eigenvalue weighted by atomic mass is 19.1. The molecule has 0 radical (unpaired) electrons. The lowest BCUT2D eigenvalue weighted by atomic mass is 10.1. The number of aromatic nitrogens is 5. The molecule has 0 bridgehead atoms. The third-order valence-corrected chi connectivity index (χ3v) is 6.04. The third kappa shape index (κ3) is 4.43. The van der Waals surface area contributed by atoms with Crippen molar-refractivity contribution in [1.29, 1.82) is 0 Å². The summed E-state index contributed by atoms with van der Waals surface area (Å²) in [5, 5.41) is 5.36. The Labute approximate surface area is 210 Å². The van der Waals surface area contributed by atoms with Gasteiger partial charge in [0.25, 0.3) is 11.7 Å². The summed E-state index contributed by atoms with van der Waals surface area (Å²) in [7, 11) is 0. The average molecular weight is 503 g/mol. The molecule has 1 fully saturated rings. The van der Waals surface area contributed by atoms with E-state index in [0.717, 1.165) is 16.9 Å². The van der Waals surface area contributed by atoms with E-state index in [0.29, 0.717) is 32.1 Å². The highest BCUT2D eigenvalue weighted by Gasteiger charge is 2.31. The first-order valence-electron chi connectivity index (χ1n) is 11.4. The van der Waals surface area contributed by atoms with Crippen molar-refractivity contribution in [2.75, 3.05) is 36.1 Å². The summed E-state index contributed by atoms with van der Waals surface area (Å²) in [5.41, 5.74) is 0.954. The first-order valence-corrected chi connectivity index (χ1v) is 11.4. The van der Waals surface area contributed by atoms with Gasteiger partial charge in [0.1, 0.15) is 6.33 Å². The summed E-state index contributed by atoms with van der Waals surface area (Å²) in [5.74, 6) is 4.45. The van der Waals surface area contributed by atoms with Gasteiger partial charge in [0.15, 0.2) is 11.6 Å². The van der Waals surface area contributed by atoms with Crippen LogP contribution in [0.1, 0.15) is 10.4 Å². The summed E-state index contributed by atoms with van der Waals surface area (Å²) in [6.45, 7) is 4.81. The van der Waals surface area contributed by atoms with E-state index in [1.54, 1.807) is 4.68 Å². The van der Waals surface area contributed by atoms with Crippen LogP contribution in [0.4, 0.5) is 16.2 Å². The number of hydrogen-bond acceptors (Lipinski definition) is 9. The topological polar surface area (TPSA) is 142 Å². The Bertz CT molecular complexity index is 1490. The van der Waals surface area contributed by atoms with E-state index >= 15 is 0 Å². The van der Waals surface area contributed by atoms with Gasteiger partial charge in [-0.3, -0.25) is 19.6 Å². The van der Waals surface area contributed by atoms with Crippen LogP contribution in [0.15, 0.2) is 66.4 Å². The van der Waals surface area contributed by atoms with Crippen LogP contribution >= 0.6 is 0 Å². The predicted octanol–water partition coefficient (Wildman–Crippen LogP) is 1.67. The SMILES string of the molecule is C=N/C=C\N(N)c1ncc(F)c2c(C(=O)C(=O)N3CCN(c4ncnn4-c4ccccc4)CC3)c[nH]c12. The summed E-state index contributed by atoms with van der Waals surface area (Å²) >= 11 is 0. The number of benzene rings is 1. The molecule has 0 atom stereocenters. The highest BCUT2D eigenvalue weighted by molar-refractivity contribution is 6.45. The van der Waals surface area contributed by atoms with Gasteiger partial charge in [-0.1, -0.05) is 18.2 Å². The normalized spacial score (nSPS) is 13.9. The number of Topliss-reactive ketones (excluding diaryl/α,β-unsaturated/α-hetero) is 1. The molecule has 4 aromatic rings. The van der Waals surface area contributed by atoms with Crippen LogP contribution in [0.3, 0.4) is 0 Å². The molecule has 3 N–H and O–H groups in total. The number of ketones is 1. The smallest absolute Gasteiger partial charge is 0.295 e. The molecule has 4 heterocycles. The van der Waals surface area contributed by atoms with E-state index in [2.05, 4.69) is 31.8 Å². The zero-order chi connectivity index (χ0) is 25.9. The minimum absolute atomic E-state index is 0.0617. The lowest BCUT2D eigenvalue weighted by molar-refractivity contribution is -0.126. The molecule has 188 valence electrons. The van der Waals surface area contributed by atoms with Crippen molar-refractivity contribution in [3.63, 3.8) is 0 Å². The second-order valence-electron chi connectivity index (χ2n) is 8.19. The van der Waals surface area contributed by atoms with Crippen LogP contribution in [0.25, 0.3) is 16.6 Å². The molecule has 1 aliphatic heterocycles. The van der Waals surface area contributed by atoms with E-state index in [9.17, 15) is 14.0 Å². The number of nitrogens with two attached hydrogens (primary N) is 1. The fourth-order valence-corrected chi connectivity index (χ4v) is 4.23. The van der Waals surface area contributed by atoms with E-state index in [1.807, 2.05) is 35.2 Å². The van der Waals surface area contributed by atoms with Gasteiger partial charge in [0.05, 0.1) is 28.4 Å². The van der Waals surface area contributed by atoms with Gasteiger partial charge in [-0.2, -0.15) is 14.8 Å². The molecule has 3 aromatic heterocycles. The van der Waals surface area contributed by atoms with E-state index < -0.39 is 17.5 Å². The number of piperazine rings is 1. The van der Waals surface area contributed by atoms with E-state index in [-0.39, 0.29) is 22.3 Å². The fraction of sp³-hybridized carbons (Fsp3) is 0.167. The molecule has 37 heavy (non-hydrogen) atoms. The van der Waals surface area contributed by atoms with Crippen LogP contribution < -0.4 is 15.8 Å². The number of hydrazine groups is 1. The number of amides is 1. The van der Waals surface area contributed by atoms with Crippen LogP contribution in [-0.4, -0.2) is 74.2 Å². The Hall–Kier alpha value is -4.91. The Morgan fingerprint density at radius 1 is 1.16 bits per heavy atom. The minimum atomic E-state index is -0.824. The molecule has 0 aliphatic carbocycles. The number of para-hydroxylation sites is 1. The molecule has 1 saturated heterocycles. The average Bonchev–Trinajstić information content (AvgIpc) is 3.60. The molecule has 0 unspecified atom stereocenters. The number of fused-ring (bicyclic) bond motifs is 1. The maximum absolute atomic E-state index is 14.7. The van der Waals surface area contributed by atoms with Gasteiger partial charge in [0, 0.05) is 44.8 Å². The number of carbonyl (C=O) groups excluding carboxylic acids is 2. The molecular formula is C24H23FN10O2. The second-order valence-corrected chi connectivity index (χ2v) is 8.19. The molecule has 12 nitrogen and oxygen atoms in total. The predicted molar refractivity (Wildman–Crippen MR) is 136 cm³/mol. The van der Waals surface area contributed by atoms with Crippen molar-refractivity contribution in [2.45, 2.75) is 0 Å². The summed E-state index contributed by atoms with van der Waals surface area (Å²) < 4.78 is 16.5. The monoisotopic (exact) mass is 502 g/mol. The number of pyridine rings is 1. The Kier molecular flexibility index (Phi) is 6.43. The number of nitrogens with zero attached hydrogens (tertiary/aromatic N) is 8. The Balaban J connectivity index is 1.33. The number of H-pyrrole nitrogens is 1. The van der Waals surface area contributed by atoms with Gasteiger partial charge in [-0.25, -0.2) is 15.2 Å². The maximum atomic E-state index is 14.7. The summed E-state index contributed by atoms with van der Waals surface area (Å²) in [4.78, 5) is 44.5. The fourth-order valence-electron chi connectivity index (χ4n) is 4.23.